The molecule has 2 unspecified atom stereocenters. The number of quaternary nitrogens is 1. The van der Waals surface area contributed by atoms with Crippen LogP contribution in [0.3, 0.4) is 0 Å². The van der Waals surface area contributed by atoms with E-state index in [2.05, 4.69) is 29.5 Å². The van der Waals surface area contributed by atoms with Crippen molar-refractivity contribution in [2.24, 2.45) is 11.5 Å². The zero-order chi connectivity index (χ0) is 23.0. The molecule has 0 rings (SSSR count). The van der Waals surface area contributed by atoms with Gasteiger partial charge in [-0.1, -0.05) is 58.8 Å². The van der Waals surface area contributed by atoms with Crippen molar-refractivity contribution in [3.63, 3.8) is 0 Å². The van der Waals surface area contributed by atoms with Crippen LogP contribution in [0.1, 0.15) is 85.0 Å². The molecule has 0 radical (unpaired) electrons. The van der Waals surface area contributed by atoms with Crippen LogP contribution < -0.4 is 39.9 Å². The van der Waals surface area contributed by atoms with E-state index in [1.165, 1.54) is 51.4 Å². The summed E-state index contributed by atoms with van der Waals surface area (Å²) < 4.78 is 8.77. The van der Waals surface area contributed by atoms with Crippen molar-refractivity contribution in [1.82, 2.24) is 0 Å². The molecule has 10 nitrogen and oxygen atoms in total. The number of nitrogens with two attached hydrogens (primary N) is 3. The fourth-order valence-corrected chi connectivity index (χ4v) is 1.85. The third-order valence-electron chi connectivity index (χ3n) is 3.24. The first-order chi connectivity index (χ1) is 12.8. The van der Waals surface area contributed by atoms with Crippen LogP contribution in [-0.4, -0.2) is 44.7 Å². The van der Waals surface area contributed by atoms with E-state index in [0.29, 0.717) is 6.42 Å². The molecule has 0 saturated carbocycles. The first-order valence-corrected chi connectivity index (χ1v) is 11.4. The Kier molecular flexibility index (Phi) is 40.1. The van der Waals surface area contributed by atoms with Gasteiger partial charge in [-0.15, -0.1) is 0 Å². The number of guanidine groups is 1. The first-order valence-electron chi connectivity index (χ1n) is 9.88. The van der Waals surface area contributed by atoms with Gasteiger partial charge in [0.2, 0.25) is 0 Å². The van der Waals surface area contributed by atoms with Gasteiger partial charge in [-0.2, -0.15) is 0 Å². The molecule has 0 fully saturated rings. The average Bonchev–Trinajstić information content (AvgIpc) is 2.53. The molecule has 12 heteroatoms. The van der Waals surface area contributed by atoms with Crippen LogP contribution in [0.15, 0.2) is 0 Å². The molecular weight excluding hydrogens is 423 g/mol. The summed E-state index contributed by atoms with van der Waals surface area (Å²) in [5, 5.41) is 22.2. The second-order valence-electron chi connectivity index (χ2n) is 6.42. The van der Waals surface area contributed by atoms with Crippen molar-refractivity contribution in [1.29, 1.82) is 0 Å². The van der Waals surface area contributed by atoms with Crippen molar-refractivity contribution >= 4 is 13.8 Å². The molecule has 0 aromatic carbocycles. The molecule has 0 aliphatic carbocycles. The van der Waals surface area contributed by atoms with Crippen LogP contribution in [0.4, 0.5) is 0 Å². The zero-order valence-electron chi connectivity index (χ0n) is 18.3. The Morgan fingerprint density at radius 3 is 1.52 bits per heavy atom. The maximum Gasteiger partial charge on any atom is 0.336 e. The number of aliphatic hydroxyl groups is 2. The molecule has 0 heterocycles. The molecule has 13 N–H and O–H groups in total. The van der Waals surface area contributed by atoms with Gasteiger partial charge >= 0.3 is 5.96 Å². The van der Waals surface area contributed by atoms with Crippen LogP contribution in [0, 0.1) is 0 Å². The van der Waals surface area contributed by atoms with Crippen LogP contribution in [0.2, 0.25) is 0 Å². The summed E-state index contributed by atoms with van der Waals surface area (Å²) in [5.74, 6) is -0.0833. The number of unbranched alkanes of at least 4 members (excludes halogenated alkanes) is 7. The molecule has 29 heavy (non-hydrogen) atoms. The summed E-state index contributed by atoms with van der Waals surface area (Å²) >= 11 is 0. The molecule has 0 aliphatic heterocycles. The molecule has 0 bridgehead atoms. The van der Waals surface area contributed by atoms with Crippen molar-refractivity contribution in [3.05, 3.63) is 0 Å². The summed E-state index contributed by atoms with van der Waals surface area (Å²) in [6.07, 6.45) is 11.8. The van der Waals surface area contributed by atoms with E-state index in [9.17, 15) is 0 Å². The number of halogens is 1. The predicted octanol–water partition coefficient (Wildman–Crippen LogP) is -4.64. The molecule has 0 spiro atoms. The van der Waals surface area contributed by atoms with Gasteiger partial charge < -0.3 is 43.0 Å². The number of aliphatic hydroxyl groups excluding tert-OH is 2. The van der Waals surface area contributed by atoms with Crippen LogP contribution in [-0.2, 0) is 4.57 Å². The molecule has 0 aliphatic rings. The third-order valence-corrected chi connectivity index (χ3v) is 3.24. The number of hydrogen-bond donors (Lipinski definition) is 8. The molecular formula is C17H46ClN4O6P. The standard InChI is InChI=1S/C10H23N.C6H14O2.CH5N3.ClH.H3O4P/c1-2-3-4-5-6-7-8-9-10-11;1-3-4-6(8)5(2)7;2-1(3)4;;1-5(2,3)4/h2-11H2,1H3;5-8H,3-4H2,1-2H3;(H5,2,3,4);1H;(H3,1,2,3,4). The maximum absolute atomic E-state index is 8.88. The van der Waals surface area contributed by atoms with Gasteiger partial charge in [0.1, 0.15) is 0 Å². The van der Waals surface area contributed by atoms with Gasteiger partial charge in [0.25, 0.3) is 7.82 Å². The minimum Gasteiger partial charge on any atom is -1.00 e. The van der Waals surface area contributed by atoms with Crippen LogP contribution >= 0.6 is 7.82 Å². The van der Waals surface area contributed by atoms with Gasteiger partial charge in [-0.25, -0.2) is 0 Å². The van der Waals surface area contributed by atoms with Crippen molar-refractivity contribution in [3.8, 4) is 0 Å². The molecule has 0 aromatic heterocycles. The van der Waals surface area contributed by atoms with Gasteiger partial charge in [-0.3, -0.25) is 21.4 Å². The zero-order valence-corrected chi connectivity index (χ0v) is 20.0. The Balaban J connectivity index is -0.0000000940. The van der Waals surface area contributed by atoms with Gasteiger partial charge in [0, 0.05) is 0 Å². The minimum atomic E-state index is -4.89. The van der Waals surface area contributed by atoms with E-state index in [1.807, 2.05) is 6.92 Å². The Morgan fingerprint density at radius 1 is 1.00 bits per heavy atom. The smallest absolute Gasteiger partial charge is 0.336 e. The number of hydrogen-bond acceptors (Lipinski definition) is 4. The second kappa shape index (κ2) is 29.7. The molecule has 0 saturated heterocycles. The lowest BCUT2D eigenvalue weighted by Crippen LogP contribution is -3.00. The minimum absolute atomic E-state index is 0. The number of phosphoric acid groups is 1. The van der Waals surface area contributed by atoms with E-state index in [1.54, 1.807) is 6.92 Å². The lowest BCUT2D eigenvalue weighted by atomic mass is 10.1. The SMILES string of the molecule is CCCC(O)C(C)O.CCCCCCCCCC[NH3+].NC(N)=[NH2+].O=P([O-])(O)O.[Cl-]. The maximum atomic E-state index is 8.88. The number of rotatable bonds is 11. The summed E-state index contributed by atoms with van der Waals surface area (Å²) in [7, 11) is -4.89. The normalized spacial score (nSPS) is 11.8. The fraction of sp³-hybridized carbons (Fsp3) is 0.941. The third kappa shape index (κ3) is 85.0. The molecule has 0 amide bonds. The highest BCUT2D eigenvalue weighted by atomic mass is 35.5. The first kappa shape index (κ1) is 39.1. The monoisotopic (exact) mass is 468 g/mol. The summed E-state index contributed by atoms with van der Waals surface area (Å²) in [5.41, 5.74) is 13.0. The van der Waals surface area contributed by atoms with Crippen LogP contribution in [0.25, 0.3) is 0 Å². The Bertz CT molecular complexity index is 343. The van der Waals surface area contributed by atoms with E-state index >= 15 is 0 Å². The Morgan fingerprint density at radius 2 is 1.31 bits per heavy atom. The van der Waals surface area contributed by atoms with Crippen molar-refractivity contribution < 1.29 is 53.0 Å². The lowest BCUT2D eigenvalue weighted by Gasteiger charge is -2.10. The average molecular weight is 469 g/mol. The Labute approximate surface area is 182 Å². The van der Waals surface area contributed by atoms with Crippen LogP contribution in [0.5, 0.6) is 0 Å². The molecule has 0 aromatic rings. The lowest BCUT2D eigenvalue weighted by molar-refractivity contribution is -0.368. The quantitative estimate of drug-likeness (QED) is 0.0634. The highest BCUT2D eigenvalue weighted by Crippen LogP contribution is 2.19. The molecule has 2 atom stereocenters. The van der Waals surface area contributed by atoms with Gasteiger partial charge in [0.15, 0.2) is 0 Å². The topological polar surface area (TPSA) is 226 Å². The highest BCUT2D eigenvalue weighted by molar-refractivity contribution is 7.43. The predicted molar refractivity (Wildman–Crippen MR) is 110 cm³/mol. The summed E-state index contributed by atoms with van der Waals surface area (Å²) in [6.45, 7) is 6.96. The second-order valence-corrected chi connectivity index (χ2v) is 7.40. The Hall–Kier alpha value is -0.450. The molecule has 182 valence electrons. The fourth-order valence-electron chi connectivity index (χ4n) is 1.85. The van der Waals surface area contributed by atoms with Crippen molar-refractivity contribution in [2.75, 3.05) is 6.54 Å². The van der Waals surface area contributed by atoms with E-state index in [-0.39, 0.29) is 18.4 Å². The summed E-state index contributed by atoms with van der Waals surface area (Å²) in [6, 6.07) is 0. The highest BCUT2D eigenvalue weighted by Gasteiger charge is 2.07. The van der Waals surface area contributed by atoms with E-state index in [0.717, 1.165) is 13.0 Å². The largest absolute Gasteiger partial charge is 1.00 e. The van der Waals surface area contributed by atoms with Gasteiger partial charge in [-0.05, 0) is 26.2 Å². The van der Waals surface area contributed by atoms with E-state index < -0.39 is 20.0 Å². The van der Waals surface area contributed by atoms with E-state index in [4.69, 9.17) is 29.5 Å². The van der Waals surface area contributed by atoms with Crippen molar-refractivity contribution in [2.45, 2.75) is 97.2 Å². The van der Waals surface area contributed by atoms with Gasteiger partial charge in [0.05, 0.1) is 18.8 Å². The summed E-state index contributed by atoms with van der Waals surface area (Å²) in [4.78, 5) is 22.9.